The number of fused-ring (bicyclic) bond motifs is 1. The van der Waals surface area contributed by atoms with Crippen molar-refractivity contribution in [2.24, 2.45) is 7.05 Å². The van der Waals surface area contributed by atoms with Crippen molar-refractivity contribution >= 4 is 28.4 Å². The third kappa shape index (κ3) is 3.01. The van der Waals surface area contributed by atoms with E-state index in [1.54, 1.807) is 30.1 Å². The number of aromatic nitrogens is 1. The van der Waals surface area contributed by atoms with Gasteiger partial charge in [0.05, 0.1) is 5.52 Å². The van der Waals surface area contributed by atoms with E-state index in [1.807, 2.05) is 18.2 Å². The molecule has 6 nitrogen and oxygen atoms in total. The first kappa shape index (κ1) is 16.2. The number of oxazole rings is 1. The molecule has 132 valence electrons. The lowest BCUT2D eigenvalue weighted by atomic mass is 10.0. The van der Waals surface area contributed by atoms with Crippen molar-refractivity contribution in [1.29, 1.82) is 0 Å². The molecule has 0 saturated heterocycles. The van der Waals surface area contributed by atoms with Gasteiger partial charge < -0.3 is 14.6 Å². The Morgan fingerprint density at radius 1 is 1.15 bits per heavy atom. The molecule has 2 aromatic carbocycles. The van der Waals surface area contributed by atoms with Gasteiger partial charge in [-0.3, -0.25) is 4.57 Å². The van der Waals surface area contributed by atoms with Crippen molar-refractivity contribution in [1.82, 2.24) is 9.47 Å². The Kier molecular flexibility index (Phi) is 4.08. The Morgan fingerprint density at radius 2 is 1.96 bits per heavy atom. The minimum atomic E-state index is -0.419. The van der Waals surface area contributed by atoms with Crippen molar-refractivity contribution in [3.8, 4) is 0 Å². The number of hydrogen-bond acceptors (Lipinski definition) is 3. The number of urea groups is 1. The molecule has 0 atom stereocenters. The van der Waals surface area contributed by atoms with Crippen LogP contribution in [0.15, 0.2) is 63.8 Å². The molecule has 0 aliphatic carbocycles. The monoisotopic (exact) mass is 349 g/mol. The molecule has 0 spiro atoms. The molecule has 6 heteroatoms. The van der Waals surface area contributed by atoms with Crippen molar-refractivity contribution in [2.45, 2.75) is 6.42 Å². The predicted octanol–water partition coefficient (Wildman–Crippen LogP) is 3.45. The summed E-state index contributed by atoms with van der Waals surface area (Å²) in [5, 5.41) is 2.89. The summed E-state index contributed by atoms with van der Waals surface area (Å²) in [6.07, 6.45) is 3.01. The van der Waals surface area contributed by atoms with E-state index in [9.17, 15) is 9.59 Å². The highest BCUT2D eigenvalue weighted by Crippen LogP contribution is 2.22. The van der Waals surface area contributed by atoms with Crippen LogP contribution in [-0.2, 0) is 7.05 Å². The number of benzene rings is 2. The van der Waals surface area contributed by atoms with Crippen LogP contribution in [0.3, 0.4) is 0 Å². The fourth-order valence-corrected chi connectivity index (χ4v) is 3.19. The van der Waals surface area contributed by atoms with Gasteiger partial charge in [-0.2, -0.15) is 0 Å². The van der Waals surface area contributed by atoms with E-state index in [4.69, 9.17) is 4.42 Å². The summed E-state index contributed by atoms with van der Waals surface area (Å²) >= 11 is 0. The number of anilines is 1. The molecule has 0 unspecified atom stereocenters. The molecule has 1 N–H and O–H groups in total. The number of nitrogens with zero attached hydrogens (tertiary/aromatic N) is 2. The summed E-state index contributed by atoms with van der Waals surface area (Å²) in [6, 6.07) is 15.1. The van der Waals surface area contributed by atoms with E-state index in [-0.39, 0.29) is 6.03 Å². The first-order valence-electron chi connectivity index (χ1n) is 8.52. The number of hydrogen-bond donors (Lipinski definition) is 1. The van der Waals surface area contributed by atoms with Crippen LogP contribution in [0, 0.1) is 0 Å². The van der Waals surface area contributed by atoms with Crippen molar-refractivity contribution in [2.75, 3.05) is 18.4 Å². The Hall–Kier alpha value is -3.28. The van der Waals surface area contributed by atoms with Crippen LogP contribution in [0.4, 0.5) is 10.5 Å². The van der Waals surface area contributed by atoms with Gasteiger partial charge in [-0.05, 0) is 29.7 Å². The van der Waals surface area contributed by atoms with Crippen LogP contribution in [0.2, 0.25) is 0 Å². The summed E-state index contributed by atoms with van der Waals surface area (Å²) in [4.78, 5) is 26.0. The van der Waals surface area contributed by atoms with Gasteiger partial charge in [-0.15, -0.1) is 0 Å². The molecule has 26 heavy (non-hydrogen) atoms. The molecule has 0 fully saturated rings. The van der Waals surface area contributed by atoms with Gasteiger partial charge in [0.15, 0.2) is 5.58 Å². The molecule has 1 aromatic heterocycles. The van der Waals surface area contributed by atoms with Crippen LogP contribution in [-0.4, -0.2) is 28.6 Å². The van der Waals surface area contributed by atoms with E-state index < -0.39 is 5.76 Å². The van der Waals surface area contributed by atoms with E-state index in [1.165, 1.54) is 4.57 Å². The molecule has 1 aliphatic heterocycles. The third-order valence-corrected chi connectivity index (χ3v) is 4.63. The Bertz CT molecular complexity index is 1050. The molecule has 0 saturated carbocycles. The number of aryl methyl sites for hydroxylation is 1. The second-order valence-corrected chi connectivity index (χ2v) is 6.35. The zero-order valence-electron chi connectivity index (χ0n) is 14.4. The number of carbonyl (C=O) groups is 1. The number of rotatable bonds is 2. The normalized spacial score (nSPS) is 14.3. The first-order valence-corrected chi connectivity index (χ1v) is 8.52. The molecule has 0 bridgehead atoms. The van der Waals surface area contributed by atoms with Crippen molar-refractivity contribution in [3.63, 3.8) is 0 Å². The van der Waals surface area contributed by atoms with Gasteiger partial charge in [0, 0.05) is 31.9 Å². The maximum atomic E-state index is 12.6. The van der Waals surface area contributed by atoms with Gasteiger partial charge >= 0.3 is 11.8 Å². The number of nitrogens with one attached hydrogen (secondary N) is 1. The average molecular weight is 349 g/mol. The van der Waals surface area contributed by atoms with E-state index in [0.29, 0.717) is 29.9 Å². The molecule has 3 aromatic rings. The van der Waals surface area contributed by atoms with E-state index in [0.717, 1.165) is 17.6 Å². The maximum absolute atomic E-state index is 12.6. The summed E-state index contributed by atoms with van der Waals surface area (Å²) < 4.78 is 6.61. The zero-order chi connectivity index (χ0) is 18.1. The predicted molar refractivity (Wildman–Crippen MR) is 101 cm³/mol. The highest BCUT2D eigenvalue weighted by atomic mass is 16.4. The summed E-state index contributed by atoms with van der Waals surface area (Å²) in [6.45, 7) is 1.24. The fraction of sp³-hybridized carbons (Fsp3) is 0.200. The Balaban J connectivity index is 1.50. The van der Waals surface area contributed by atoms with Crippen molar-refractivity contribution < 1.29 is 9.21 Å². The van der Waals surface area contributed by atoms with Crippen molar-refractivity contribution in [3.05, 3.63) is 70.7 Å². The second kappa shape index (κ2) is 6.55. The van der Waals surface area contributed by atoms with E-state index in [2.05, 4.69) is 23.5 Å². The first-order chi connectivity index (χ1) is 12.6. The third-order valence-electron chi connectivity index (χ3n) is 4.63. The molecular weight excluding hydrogens is 330 g/mol. The summed E-state index contributed by atoms with van der Waals surface area (Å²) in [5.74, 6) is -0.419. The topological polar surface area (TPSA) is 67.5 Å². The summed E-state index contributed by atoms with van der Waals surface area (Å²) in [7, 11) is 1.65. The smallest absolute Gasteiger partial charge is 0.408 e. The zero-order valence-corrected chi connectivity index (χ0v) is 14.4. The minimum Gasteiger partial charge on any atom is -0.408 e. The Labute approximate surface area is 150 Å². The summed E-state index contributed by atoms with van der Waals surface area (Å²) in [5.41, 5.74) is 4.04. The van der Waals surface area contributed by atoms with Gasteiger partial charge in [0.25, 0.3) is 0 Å². The standard InChI is InChI=1S/C20H19N3O3/c1-22-17-10-9-16(12-18(17)26-20(22)25)21-19(24)23-11-5-8-15(13-23)14-6-3-2-4-7-14/h2-4,6-10,12H,5,11,13H2,1H3,(H,21,24). The molecule has 1 aliphatic rings. The highest BCUT2D eigenvalue weighted by molar-refractivity contribution is 5.92. The molecule has 2 heterocycles. The minimum absolute atomic E-state index is 0.163. The van der Waals surface area contributed by atoms with Gasteiger partial charge in [-0.1, -0.05) is 36.4 Å². The Morgan fingerprint density at radius 3 is 2.77 bits per heavy atom. The molecule has 0 radical (unpaired) electrons. The average Bonchev–Trinajstić information content (AvgIpc) is 2.96. The lowest BCUT2D eigenvalue weighted by Gasteiger charge is -2.27. The van der Waals surface area contributed by atoms with Crippen LogP contribution in [0.1, 0.15) is 12.0 Å². The van der Waals surface area contributed by atoms with Gasteiger partial charge in [0.1, 0.15) is 0 Å². The largest absolute Gasteiger partial charge is 0.419 e. The second-order valence-electron chi connectivity index (χ2n) is 6.35. The quantitative estimate of drug-likeness (QED) is 0.770. The van der Waals surface area contributed by atoms with Crippen LogP contribution in [0.5, 0.6) is 0 Å². The number of amides is 2. The maximum Gasteiger partial charge on any atom is 0.419 e. The van der Waals surface area contributed by atoms with Crippen LogP contribution >= 0.6 is 0 Å². The lowest BCUT2D eigenvalue weighted by molar-refractivity contribution is 0.217. The fourth-order valence-electron chi connectivity index (χ4n) is 3.19. The van der Waals surface area contributed by atoms with Gasteiger partial charge in [0.2, 0.25) is 0 Å². The van der Waals surface area contributed by atoms with Crippen LogP contribution < -0.4 is 11.1 Å². The SMILES string of the molecule is Cn1c(=O)oc2cc(NC(=O)N3CCC=C(c4ccccc4)C3)ccc21. The molecule has 2 amide bonds. The van der Waals surface area contributed by atoms with Crippen LogP contribution in [0.25, 0.3) is 16.7 Å². The van der Waals surface area contributed by atoms with E-state index >= 15 is 0 Å². The molecular formula is C20H19N3O3. The lowest BCUT2D eigenvalue weighted by Crippen LogP contribution is -2.38. The molecule has 4 rings (SSSR count). The number of carbonyl (C=O) groups excluding carboxylic acids is 1. The highest BCUT2D eigenvalue weighted by Gasteiger charge is 2.19. The van der Waals surface area contributed by atoms with Gasteiger partial charge in [-0.25, -0.2) is 9.59 Å².